The summed E-state index contributed by atoms with van der Waals surface area (Å²) >= 11 is 0. The van der Waals surface area contributed by atoms with Crippen LogP contribution >= 0.6 is 0 Å². The molecule has 1 heterocycles. The number of aryl methyl sites for hydroxylation is 2. The van der Waals surface area contributed by atoms with E-state index in [0.717, 1.165) is 64.9 Å². The van der Waals surface area contributed by atoms with Crippen molar-refractivity contribution in [3.63, 3.8) is 0 Å². The SMILES string of the molecule is Cc1ccc(-c2nn(CC(=O)Nc3cccc(C)c3C)c(=O)c3c2CCCC3)cc1. The fourth-order valence-electron chi connectivity index (χ4n) is 4.05. The Hall–Kier alpha value is -3.21. The number of nitrogens with one attached hydrogen (secondary N) is 1. The van der Waals surface area contributed by atoms with Gasteiger partial charge in [-0.2, -0.15) is 5.10 Å². The molecule has 3 aromatic rings. The lowest BCUT2D eigenvalue weighted by atomic mass is 9.89. The number of hydrogen-bond acceptors (Lipinski definition) is 3. The van der Waals surface area contributed by atoms with Gasteiger partial charge in [0.25, 0.3) is 5.56 Å². The lowest BCUT2D eigenvalue weighted by Crippen LogP contribution is -2.34. The van der Waals surface area contributed by atoms with Crippen LogP contribution in [0.2, 0.25) is 0 Å². The molecular formula is C25H27N3O2. The Morgan fingerprint density at radius 3 is 2.43 bits per heavy atom. The molecule has 0 saturated carbocycles. The quantitative estimate of drug-likeness (QED) is 0.707. The molecule has 5 nitrogen and oxygen atoms in total. The van der Waals surface area contributed by atoms with Crippen molar-refractivity contribution in [2.24, 2.45) is 0 Å². The van der Waals surface area contributed by atoms with Gasteiger partial charge in [-0.1, -0.05) is 42.0 Å². The zero-order valence-corrected chi connectivity index (χ0v) is 17.8. The van der Waals surface area contributed by atoms with Crippen LogP contribution in [0.5, 0.6) is 0 Å². The highest BCUT2D eigenvalue weighted by Crippen LogP contribution is 2.28. The van der Waals surface area contributed by atoms with Crippen LogP contribution in [-0.2, 0) is 24.2 Å². The van der Waals surface area contributed by atoms with E-state index >= 15 is 0 Å². The van der Waals surface area contributed by atoms with Gasteiger partial charge >= 0.3 is 0 Å². The summed E-state index contributed by atoms with van der Waals surface area (Å²) in [5.74, 6) is -0.246. The predicted molar refractivity (Wildman–Crippen MR) is 120 cm³/mol. The first-order chi connectivity index (χ1) is 14.4. The number of aromatic nitrogens is 2. The fraction of sp³-hybridized carbons (Fsp3) is 0.320. The number of carbonyl (C=O) groups is 1. The molecule has 1 aliphatic rings. The second-order valence-corrected chi connectivity index (χ2v) is 8.14. The Labute approximate surface area is 176 Å². The van der Waals surface area contributed by atoms with Crippen LogP contribution in [0.3, 0.4) is 0 Å². The van der Waals surface area contributed by atoms with Gasteiger partial charge in [0, 0.05) is 16.8 Å². The van der Waals surface area contributed by atoms with Crippen LogP contribution in [0.1, 0.15) is 40.7 Å². The van der Waals surface area contributed by atoms with E-state index in [-0.39, 0.29) is 18.0 Å². The highest BCUT2D eigenvalue weighted by Gasteiger charge is 2.22. The first kappa shape index (κ1) is 20.1. The molecule has 1 aliphatic carbocycles. The molecule has 1 N–H and O–H groups in total. The molecule has 1 aromatic heterocycles. The minimum Gasteiger partial charge on any atom is -0.324 e. The lowest BCUT2D eigenvalue weighted by Gasteiger charge is -2.20. The van der Waals surface area contributed by atoms with Gasteiger partial charge in [0.1, 0.15) is 6.54 Å². The van der Waals surface area contributed by atoms with Crippen molar-refractivity contribution in [3.05, 3.63) is 80.6 Å². The maximum atomic E-state index is 13.1. The van der Waals surface area contributed by atoms with Crippen LogP contribution in [0.25, 0.3) is 11.3 Å². The second-order valence-electron chi connectivity index (χ2n) is 8.14. The third-order valence-electron chi connectivity index (χ3n) is 5.96. The first-order valence-corrected chi connectivity index (χ1v) is 10.5. The number of hydrogen-bond donors (Lipinski definition) is 1. The van der Waals surface area contributed by atoms with E-state index in [1.807, 2.05) is 51.1 Å². The van der Waals surface area contributed by atoms with Gasteiger partial charge in [-0.15, -0.1) is 0 Å². The molecule has 0 fully saturated rings. The number of carbonyl (C=O) groups excluding carboxylic acids is 1. The molecule has 30 heavy (non-hydrogen) atoms. The van der Waals surface area contributed by atoms with Crippen LogP contribution in [0.4, 0.5) is 5.69 Å². The summed E-state index contributed by atoms with van der Waals surface area (Å²) in [6.45, 7) is 5.93. The van der Waals surface area contributed by atoms with E-state index < -0.39 is 0 Å². The molecule has 0 unspecified atom stereocenters. The summed E-state index contributed by atoms with van der Waals surface area (Å²) < 4.78 is 1.33. The van der Waals surface area contributed by atoms with Crippen LogP contribution in [0.15, 0.2) is 47.3 Å². The van der Waals surface area contributed by atoms with Crippen molar-refractivity contribution in [1.29, 1.82) is 0 Å². The fourth-order valence-corrected chi connectivity index (χ4v) is 4.05. The Morgan fingerprint density at radius 2 is 1.70 bits per heavy atom. The molecule has 0 bridgehead atoms. The highest BCUT2D eigenvalue weighted by atomic mass is 16.2. The number of rotatable bonds is 4. The Bertz CT molecular complexity index is 1160. The molecule has 1 amide bonds. The zero-order chi connectivity index (χ0) is 21.3. The summed E-state index contributed by atoms with van der Waals surface area (Å²) in [5, 5.41) is 7.59. The second kappa shape index (κ2) is 8.27. The number of anilines is 1. The summed E-state index contributed by atoms with van der Waals surface area (Å²) in [5.41, 5.74) is 7.60. The Morgan fingerprint density at radius 1 is 1.00 bits per heavy atom. The van der Waals surface area contributed by atoms with Crippen LogP contribution < -0.4 is 10.9 Å². The molecule has 2 aromatic carbocycles. The topological polar surface area (TPSA) is 64.0 Å². The van der Waals surface area contributed by atoms with Crippen LogP contribution in [-0.4, -0.2) is 15.7 Å². The van der Waals surface area contributed by atoms with Gasteiger partial charge in [-0.3, -0.25) is 9.59 Å². The van der Waals surface area contributed by atoms with Gasteiger partial charge in [0.15, 0.2) is 0 Å². The van der Waals surface area contributed by atoms with E-state index in [0.29, 0.717) is 0 Å². The highest BCUT2D eigenvalue weighted by molar-refractivity contribution is 5.91. The van der Waals surface area contributed by atoms with Crippen molar-refractivity contribution >= 4 is 11.6 Å². The lowest BCUT2D eigenvalue weighted by molar-refractivity contribution is -0.117. The number of amides is 1. The van der Waals surface area contributed by atoms with E-state index in [4.69, 9.17) is 0 Å². The number of benzene rings is 2. The van der Waals surface area contributed by atoms with Gasteiger partial charge in [0.05, 0.1) is 5.69 Å². The normalized spacial score (nSPS) is 13.0. The largest absolute Gasteiger partial charge is 0.324 e. The van der Waals surface area contributed by atoms with E-state index in [1.165, 1.54) is 10.2 Å². The van der Waals surface area contributed by atoms with E-state index in [1.54, 1.807) is 0 Å². The zero-order valence-electron chi connectivity index (χ0n) is 17.8. The molecule has 154 valence electrons. The summed E-state index contributed by atoms with van der Waals surface area (Å²) in [6, 6.07) is 14.0. The average Bonchev–Trinajstić information content (AvgIpc) is 2.74. The standard InChI is InChI=1S/C25H27N3O2/c1-16-11-13-19(14-12-16)24-20-8-4-5-9-21(20)25(30)28(27-24)15-23(29)26-22-10-6-7-17(2)18(22)3/h6-7,10-14H,4-5,8-9,15H2,1-3H3,(H,26,29). The molecule has 4 rings (SSSR count). The maximum absolute atomic E-state index is 13.1. The number of fused-ring (bicyclic) bond motifs is 1. The van der Waals surface area contributed by atoms with Gasteiger partial charge in [-0.05, 0) is 69.2 Å². The van der Waals surface area contributed by atoms with Crippen molar-refractivity contribution in [2.75, 3.05) is 5.32 Å². The summed E-state index contributed by atoms with van der Waals surface area (Å²) in [6.07, 6.45) is 3.66. The van der Waals surface area contributed by atoms with Crippen LogP contribution in [0, 0.1) is 20.8 Å². The predicted octanol–water partition coefficient (Wildman–Crippen LogP) is 4.35. The van der Waals surface area contributed by atoms with Crippen molar-refractivity contribution in [1.82, 2.24) is 9.78 Å². The molecule has 0 aliphatic heterocycles. The Balaban J connectivity index is 1.70. The molecular weight excluding hydrogens is 374 g/mol. The third-order valence-corrected chi connectivity index (χ3v) is 5.96. The number of nitrogens with zero attached hydrogens (tertiary/aromatic N) is 2. The minimum atomic E-state index is -0.246. The maximum Gasteiger partial charge on any atom is 0.270 e. The van der Waals surface area contributed by atoms with Crippen molar-refractivity contribution < 1.29 is 4.79 Å². The monoisotopic (exact) mass is 401 g/mol. The van der Waals surface area contributed by atoms with E-state index in [9.17, 15) is 9.59 Å². The molecule has 0 radical (unpaired) electrons. The smallest absolute Gasteiger partial charge is 0.270 e. The van der Waals surface area contributed by atoms with E-state index in [2.05, 4.69) is 22.5 Å². The van der Waals surface area contributed by atoms with Gasteiger partial charge < -0.3 is 5.32 Å². The Kier molecular flexibility index (Phi) is 5.53. The molecule has 0 saturated heterocycles. The van der Waals surface area contributed by atoms with Gasteiger partial charge in [0.2, 0.25) is 5.91 Å². The average molecular weight is 402 g/mol. The first-order valence-electron chi connectivity index (χ1n) is 10.5. The minimum absolute atomic E-state index is 0.0989. The molecule has 0 atom stereocenters. The molecule has 5 heteroatoms. The molecule has 0 spiro atoms. The summed E-state index contributed by atoms with van der Waals surface area (Å²) in [7, 11) is 0. The summed E-state index contributed by atoms with van der Waals surface area (Å²) in [4.78, 5) is 25.8. The van der Waals surface area contributed by atoms with Crippen molar-refractivity contribution in [3.8, 4) is 11.3 Å². The van der Waals surface area contributed by atoms with Gasteiger partial charge in [-0.25, -0.2) is 4.68 Å². The third kappa shape index (κ3) is 3.92. The van der Waals surface area contributed by atoms with Crippen molar-refractivity contribution in [2.45, 2.75) is 53.0 Å².